The highest BCUT2D eigenvalue weighted by Gasteiger charge is 2.22. The summed E-state index contributed by atoms with van der Waals surface area (Å²) >= 11 is 0. The SMILES string of the molecule is CCC(C)CC(=O)NS(=O)(=O)c1cccc(F)c1N. The first-order valence-electron chi connectivity index (χ1n) is 5.87. The van der Waals surface area contributed by atoms with Crippen LogP contribution < -0.4 is 10.5 Å². The van der Waals surface area contributed by atoms with Gasteiger partial charge in [0.1, 0.15) is 10.7 Å². The van der Waals surface area contributed by atoms with Gasteiger partial charge in [-0.2, -0.15) is 0 Å². The van der Waals surface area contributed by atoms with Gasteiger partial charge in [-0.3, -0.25) is 4.79 Å². The Balaban J connectivity index is 2.93. The van der Waals surface area contributed by atoms with E-state index in [4.69, 9.17) is 5.73 Å². The van der Waals surface area contributed by atoms with Gasteiger partial charge < -0.3 is 5.73 Å². The zero-order chi connectivity index (χ0) is 14.6. The Morgan fingerprint density at radius 1 is 1.47 bits per heavy atom. The number of carbonyl (C=O) groups is 1. The standard InChI is InChI=1S/C12H17FN2O3S/c1-3-8(2)7-11(16)15-19(17,18)10-6-4-5-9(13)12(10)14/h4-6,8H,3,7,14H2,1-2H3,(H,15,16). The summed E-state index contributed by atoms with van der Waals surface area (Å²) in [5.41, 5.74) is 4.87. The number of benzene rings is 1. The van der Waals surface area contributed by atoms with Crippen molar-refractivity contribution in [3.8, 4) is 0 Å². The van der Waals surface area contributed by atoms with Crippen molar-refractivity contribution < 1.29 is 17.6 Å². The Labute approximate surface area is 112 Å². The van der Waals surface area contributed by atoms with Crippen molar-refractivity contribution in [3.63, 3.8) is 0 Å². The average molecular weight is 288 g/mol. The highest BCUT2D eigenvalue weighted by molar-refractivity contribution is 7.90. The van der Waals surface area contributed by atoms with Gasteiger partial charge in [-0.15, -0.1) is 0 Å². The van der Waals surface area contributed by atoms with E-state index in [0.717, 1.165) is 18.6 Å². The Hall–Kier alpha value is -1.63. The first kappa shape index (κ1) is 15.4. The van der Waals surface area contributed by atoms with E-state index in [9.17, 15) is 17.6 Å². The molecule has 7 heteroatoms. The largest absolute Gasteiger partial charge is 0.395 e. The van der Waals surface area contributed by atoms with Crippen molar-refractivity contribution >= 4 is 21.6 Å². The number of sulfonamides is 1. The van der Waals surface area contributed by atoms with Crippen molar-refractivity contribution in [1.29, 1.82) is 0 Å². The molecule has 0 aliphatic carbocycles. The number of halogens is 1. The Bertz CT molecular complexity index is 572. The van der Waals surface area contributed by atoms with Gasteiger partial charge in [0, 0.05) is 6.42 Å². The van der Waals surface area contributed by atoms with Crippen LogP contribution in [0.25, 0.3) is 0 Å². The van der Waals surface area contributed by atoms with Crippen LogP contribution >= 0.6 is 0 Å². The second kappa shape index (κ2) is 6.01. The van der Waals surface area contributed by atoms with E-state index in [2.05, 4.69) is 0 Å². The lowest BCUT2D eigenvalue weighted by Gasteiger charge is -2.11. The summed E-state index contributed by atoms with van der Waals surface area (Å²) in [5, 5.41) is 0. The van der Waals surface area contributed by atoms with E-state index < -0.39 is 32.3 Å². The number of para-hydroxylation sites is 1. The third kappa shape index (κ3) is 3.92. The lowest BCUT2D eigenvalue weighted by atomic mass is 10.1. The molecule has 0 aromatic heterocycles. The van der Waals surface area contributed by atoms with Crippen LogP contribution in [0.4, 0.5) is 10.1 Å². The molecule has 19 heavy (non-hydrogen) atoms. The third-order valence-corrected chi connectivity index (χ3v) is 4.21. The average Bonchev–Trinajstić information content (AvgIpc) is 2.31. The molecular formula is C12H17FN2O3S. The van der Waals surface area contributed by atoms with Crippen LogP contribution in [0.1, 0.15) is 26.7 Å². The summed E-state index contributed by atoms with van der Waals surface area (Å²) in [6.45, 7) is 3.74. The molecule has 0 aliphatic rings. The van der Waals surface area contributed by atoms with Crippen molar-refractivity contribution in [3.05, 3.63) is 24.0 Å². The van der Waals surface area contributed by atoms with Gasteiger partial charge in [-0.25, -0.2) is 17.5 Å². The number of carbonyl (C=O) groups excluding carboxylic acids is 1. The fourth-order valence-corrected chi connectivity index (χ4v) is 2.60. The summed E-state index contributed by atoms with van der Waals surface area (Å²) in [7, 11) is -4.13. The summed E-state index contributed by atoms with van der Waals surface area (Å²) in [6.07, 6.45) is 0.848. The smallest absolute Gasteiger partial charge is 0.266 e. The normalized spacial score (nSPS) is 13.0. The monoisotopic (exact) mass is 288 g/mol. The van der Waals surface area contributed by atoms with Gasteiger partial charge in [0.15, 0.2) is 0 Å². The molecule has 0 bridgehead atoms. The molecule has 1 amide bonds. The van der Waals surface area contributed by atoms with Gasteiger partial charge in [0.25, 0.3) is 10.0 Å². The lowest BCUT2D eigenvalue weighted by Crippen LogP contribution is -2.32. The molecule has 0 saturated heterocycles. The quantitative estimate of drug-likeness (QED) is 0.806. The van der Waals surface area contributed by atoms with E-state index in [-0.39, 0.29) is 12.3 Å². The molecule has 3 N–H and O–H groups in total. The van der Waals surface area contributed by atoms with E-state index in [1.165, 1.54) is 6.07 Å². The summed E-state index contributed by atoms with van der Waals surface area (Å²) < 4.78 is 38.9. The van der Waals surface area contributed by atoms with Gasteiger partial charge >= 0.3 is 0 Å². The van der Waals surface area contributed by atoms with Crippen LogP contribution in [0.3, 0.4) is 0 Å². The van der Waals surface area contributed by atoms with Gasteiger partial charge in [0.05, 0.1) is 5.69 Å². The molecule has 0 radical (unpaired) electrons. The number of hydrogen-bond donors (Lipinski definition) is 2. The number of hydrogen-bond acceptors (Lipinski definition) is 4. The van der Waals surface area contributed by atoms with E-state index >= 15 is 0 Å². The number of anilines is 1. The van der Waals surface area contributed by atoms with E-state index in [1.54, 1.807) is 0 Å². The molecule has 1 unspecified atom stereocenters. The second-order valence-electron chi connectivity index (χ2n) is 4.40. The Morgan fingerprint density at radius 2 is 2.11 bits per heavy atom. The molecule has 1 rings (SSSR count). The highest BCUT2D eigenvalue weighted by atomic mass is 32.2. The van der Waals surface area contributed by atoms with Gasteiger partial charge in [-0.05, 0) is 18.1 Å². The minimum Gasteiger partial charge on any atom is -0.395 e. The molecule has 0 saturated carbocycles. The van der Waals surface area contributed by atoms with Crippen LogP contribution in [0.15, 0.2) is 23.1 Å². The van der Waals surface area contributed by atoms with Crippen LogP contribution in [0, 0.1) is 11.7 Å². The summed E-state index contributed by atoms with van der Waals surface area (Å²) in [5.74, 6) is -1.39. The summed E-state index contributed by atoms with van der Waals surface area (Å²) in [6, 6.07) is 3.42. The zero-order valence-corrected chi connectivity index (χ0v) is 11.6. The molecule has 1 atom stereocenters. The molecular weight excluding hydrogens is 271 g/mol. The molecule has 0 spiro atoms. The second-order valence-corrected chi connectivity index (χ2v) is 6.05. The van der Waals surface area contributed by atoms with Crippen molar-refractivity contribution in [2.45, 2.75) is 31.6 Å². The number of nitrogen functional groups attached to an aromatic ring is 1. The first-order valence-corrected chi connectivity index (χ1v) is 7.36. The van der Waals surface area contributed by atoms with E-state index in [0.29, 0.717) is 0 Å². The topological polar surface area (TPSA) is 89.3 Å². The number of amides is 1. The number of nitrogens with one attached hydrogen (secondary N) is 1. The van der Waals surface area contributed by atoms with Crippen LogP contribution in [0.5, 0.6) is 0 Å². The molecule has 0 aliphatic heterocycles. The molecule has 0 fully saturated rings. The fraction of sp³-hybridized carbons (Fsp3) is 0.417. The predicted octanol–water partition coefficient (Wildman–Crippen LogP) is 1.65. The van der Waals surface area contributed by atoms with Crippen molar-refractivity contribution in [2.75, 3.05) is 5.73 Å². The molecule has 1 aromatic rings. The molecule has 0 heterocycles. The van der Waals surface area contributed by atoms with Crippen LogP contribution in [-0.2, 0) is 14.8 Å². The fourth-order valence-electron chi connectivity index (χ4n) is 1.46. The van der Waals surface area contributed by atoms with Crippen LogP contribution in [-0.4, -0.2) is 14.3 Å². The minimum absolute atomic E-state index is 0.0695. The predicted molar refractivity (Wildman–Crippen MR) is 70.2 cm³/mol. The van der Waals surface area contributed by atoms with Gasteiger partial charge in [-0.1, -0.05) is 26.3 Å². The van der Waals surface area contributed by atoms with Crippen molar-refractivity contribution in [2.24, 2.45) is 5.92 Å². The first-order chi connectivity index (χ1) is 8.77. The Morgan fingerprint density at radius 3 is 2.68 bits per heavy atom. The van der Waals surface area contributed by atoms with Gasteiger partial charge in [0.2, 0.25) is 5.91 Å². The third-order valence-electron chi connectivity index (χ3n) is 2.78. The minimum atomic E-state index is -4.13. The maximum atomic E-state index is 13.2. The Kier molecular flexibility index (Phi) is 4.88. The van der Waals surface area contributed by atoms with Crippen molar-refractivity contribution in [1.82, 2.24) is 4.72 Å². The zero-order valence-electron chi connectivity index (χ0n) is 10.8. The van der Waals surface area contributed by atoms with E-state index in [1.807, 2.05) is 18.6 Å². The van der Waals surface area contributed by atoms with Crippen LogP contribution in [0.2, 0.25) is 0 Å². The number of rotatable bonds is 5. The molecule has 5 nitrogen and oxygen atoms in total. The highest BCUT2D eigenvalue weighted by Crippen LogP contribution is 2.21. The summed E-state index contributed by atoms with van der Waals surface area (Å²) in [4.78, 5) is 11.1. The molecule has 1 aromatic carbocycles. The maximum Gasteiger partial charge on any atom is 0.266 e. The lowest BCUT2D eigenvalue weighted by molar-refractivity contribution is -0.120. The molecule has 106 valence electrons. The maximum absolute atomic E-state index is 13.2. The number of nitrogens with two attached hydrogens (primary N) is 1.